The molecular formula is C14H18N2O2. The predicted octanol–water partition coefficient (Wildman–Crippen LogP) is 1.45. The van der Waals surface area contributed by atoms with E-state index < -0.39 is 0 Å². The largest absolute Gasteiger partial charge is 0.304 e. The van der Waals surface area contributed by atoms with E-state index in [0.29, 0.717) is 11.1 Å². The number of benzene rings is 1. The van der Waals surface area contributed by atoms with Gasteiger partial charge in [0, 0.05) is 6.54 Å². The minimum absolute atomic E-state index is 0.259. The van der Waals surface area contributed by atoms with Gasteiger partial charge in [0.05, 0.1) is 11.1 Å². The van der Waals surface area contributed by atoms with Crippen molar-refractivity contribution in [3.63, 3.8) is 0 Å². The van der Waals surface area contributed by atoms with Gasteiger partial charge in [-0.25, -0.2) is 0 Å². The Hall–Kier alpha value is -1.68. The summed E-state index contributed by atoms with van der Waals surface area (Å²) >= 11 is 0. The van der Waals surface area contributed by atoms with Crippen molar-refractivity contribution >= 4 is 11.8 Å². The molecule has 1 aliphatic rings. The summed E-state index contributed by atoms with van der Waals surface area (Å²) in [6, 6.07) is 5.48. The molecule has 1 aromatic rings. The van der Waals surface area contributed by atoms with Crippen molar-refractivity contribution in [2.24, 2.45) is 0 Å². The van der Waals surface area contributed by atoms with Crippen molar-refractivity contribution in [1.82, 2.24) is 10.2 Å². The van der Waals surface area contributed by atoms with Gasteiger partial charge in [0.15, 0.2) is 0 Å². The van der Waals surface area contributed by atoms with Crippen LogP contribution >= 0.6 is 0 Å². The summed E-state index contributed by atoms with van der Waals surface area (Å²) in [4.78, 5) is 25.6. The van der Waals surface area contributed by atoms with Gasteiger partial charge >= 0.3 is 0 Å². The number of hydrogen-bond acceptors (Lipinski definition) is 3. The number of likely N-dealkylation sites (N-methyl/N-ethyl adjacent to an activating group) is 1. The molecule has 1 heterocycles. The average Bonchev–Trinajstić information content (AvgIpc) is 2.67. The Bertz CT molecular complexity index is 479. The van der Waals surface area contributed by atoms with E-state index in [1.165, 1.54) is 0 Å². The third-order valence-corrected chi connectivity index (χ3v) is 3.44. The first-order valence-corrected chi connectivity index (χ1v) is 6.37. The Labute approximate surface area is 107 Å². The molecule has 4 nitrogen and oxygen atoms in total. The molecule has 1 aromatic carbocycles. The van der Waals surface area contributed by atoms with Crippen LogP contribution in [0.5, 0.6) is 0 Å². The van der Waals surface area contributed by atoms with Crippen LogP contribution in [0.4, 0.5) is 0 Å². The lowest BCUT2D eigenvalue weighted by Crippen LogP contribution is -2.26. The van der Waals surface area contributed by atoms with E-state index in [1.54, 1.807) is 6.07 Å². The minimum Gasteiger partial charge on any atom is -0.304 e. The van der Waals surface area contributed by atoms with Crippen molar-refractivity contribution in [3.05, 3.63) is 34.9 Å². The summed E-state index contributed by atoms with van der Waals surface area (Å²) in [6.07, 6.45) is 0.797. The summed E-state index contributed by atoms with van der Waals surface area (Å²) in [5.74, 6) is -0.537. The number of rotatable bonds is 5. The Morgan fingerprint density at radius 1 is 1.11 bits per heavy atom. The Morgan fingerprint density at radius 3 is 2.50 bits per heavy atom. The lowest BCUT2D eigenvalue weighted by Gasteiger charge is -2.18. The van der Waals surface area contributed by atoms with Crippen LogP contribution in [0.15, 0.2) is 18.2 Å². The van der Waals surface area contributed by atoms with E-state index >= 15 is 0 Å². The van der Waals surface area contributed by atoms with Crippen LogP contribution in [0, 0.1) is 0 Å². The zero-order valence-corrected chi connectivity index (χ0v) is 10.8. The molecule has 1 aliphatic heterocycles. The molecule has 0 aliphatic carbocycles. The molecule has 1 N–H and O–H groups in total. The number of amides is 2. The number of nitrogens with one attached hydrogen (secondary N) is 1. The summed E-state index contributed by atoms with van der Waals surface area (Å²) in [5.41, 5.74) is 2.04. The first-order chi connectivity index (χ1) is 8.67. The van der Waals surface area contributed by atoms with Gasteiger partial charge in [-0.3, -0.25) is 14.9 Å². The second kappa shape index (κ2) is 5.31. The van der Waals surface area contributed by atoms with Crippen LogP contribution in [0.2, 0.25) is 0 Å². The predicted molar refractivity (Wildman–Crippen MR) is 69.7 cm³/mol. The Morgan fingerprint density at radius 2 is 1.83 bits per heavy atom. The molecule has 0 unspecified atom stereocenters. The number of imide groups is 1. The van der Waals surface area contributed by atoms with Gasteiger partial charge in [0.2, 0.25) is 0 Å². The van der Waals surface area contributed by atoms with Gasteiger partial charge in [-0.2, -0.15) is 0 Å². The molecule has 2 rings (SSSR count). The van der Waals surface area contributed by atoms with E-state index in [2.05, 4.69) is 24.1 Å². The molecule has 0 fully saturated rings. The molecule has 0 atom stereocenters. The second-order valence-corrected chi connectivity index (χ2v) is 4.40. The first-order valence-electron chi connectivity index (χ1n) is 6.37. The maximum absolute atomic E-state index is 11.7. The van der Waals surface area contributed by atoms with E-state index in [9.17, 15) is 9.59 Å². The molecule has 0 spiro atoms. The van der Waals surface area contributed by atoms with E-state index in [0.717, 1.165) is 31.6 Å². The highest BCUT2D eigenvalue weighted by Gasteiger charge is 2.28. The number of carbonyl (C=O) groups is 2. The van der Waals surface area contributed by atoms with Crippen LogP contribution in [-0.4, -0.2) is 36.3 Å². The highest BCUT2D eigenvalue weighted by atomic mass is 16.2. The highest BCUT2D eigenvalue weighted by Crippen LogP contribution is 2.20. The maximum Gasteiger partial charge on any atom is 0.259 e. The van der Waals surface area contributed by atoms with Crippen molar-refractivity contribution in [2.75, 3.05) is 19.6 Å². The second-order valence-electron chi connectivity index (χ2n) is 4.40. The molecule has 18 heavy (non-hydrogen) atoms. The quantitative estimate of drug-likeness (QED) is 0.800. The van der Waals surface area contributed by atoms with Crippen LogP contribution in [0.1, 0.15) is 40.1 Å². The molecule has 2 amide bonds. The zero-order valence-electron chi connectivity index (χ0n) is 10.8. The monoisotopic (exact) mass is 246 g/mol. The van der Waals surface area contributed by atoms with Gasteiger partial charge in [-0.15, -0.1) is 0 Å². The highest BCUT2D eigenvalue weighted by molar-refractivity contribution is 6.22. The number of fused-ring (bicyclic) bond motifs is 1. The van der Waals surface area contributed by atoms with Crippen LogP contribution in [0.25, 0.3) is 0 Å². The van der Waals surface area contributed by atoms with Crippen LogP contribution < -0.4 is 5.32 Å². The number of carbonyl (C=O) groups excluding carboxylic acids is 2. The Balaban J connectivity index is 2.20. The fourth-order valence-electron chi connectivity index (χ4n) is 2.32. The topological polar surface area (TPSA) is 49.4 Å². The maximum atomic E-state index is 11.7. The van der Waals surface area contributed by atoms with E-state index in [1.807, 2.05) is 12.1 Å². The smallest absolute Gasteiger partial charge is 0.259 e. The summed E-state index contributed by atoms with van der Waals surface area (Å²) in [7, 11) is 0. The van der Waals surface area contributed by atoms with Crippen LogP contribution in [0.3, 0.4) is 0 Å². The van der Waals surface area contributed by atoms with E-state index in [4.69, 9.17) is 0 Å². The summed E-state index contributed by atoms with van der Waals surface area (Å²) in [6.45, 7) is 7.14. The molecule has 0 bridgehead atoms. The SMILES string of the molecule is CCN(CC)CCc1cccc2c1C(=O)NC2=O. The van der Waals surface area contributed by atoms with Gasteiger partial charge < -0.3 is 4.90 Å². The fraction of sp³-hybridized carbons (Fsp3) is 0.429. The van der Waals surface area contributed by atoms with Crippen LogP contribution in [-0.2, 0) is 6.42 Å². The minimum atomic E-state index is -0.278. The molecule has 0 saturated carbocycles. The molecule has 0 radical (unpaired) electrons. The number of nitrogens with zero attached hydrogens (tertiary/aromatic N) is 1. The lowest BCUT2D eigenvalue weighted by atomic mass is 10.00. The van der Waals surface area contributed by atoms with Gasteiger partial charge in [-0.05, 0) is 31.1 Å². The normalized spacial score (nSPS) is 13.9. The fourth-order valence-corrected chi connectivity index (χ4v) is 2.32. The van der Waals surface area contributed by atoms with Gasteiger partial charge in [0.1, 0.15) is 0 Å². The number of hydrogen-bond donors (Lipinski definition) is 1. The molecule has 0 aromatic heterocycles. The summed E-state index contributed by atoms with van der Waals surface area (Å²) in [5, 5.41) is 2.35. The molecule has 96 valence electrons. The molecule has 0 saturated heterocycles. The van der Waals surface area contributed by atoms with Crippen molar-refractivity contribution in [2.45, 2.75) is 20.3 Å². The van der Waals surface area contributed by atoms with Crippen molar-refractivity contribution in [3.8, 4) is 0 Å². The van der Waals surface area contributed by atoms with Gasteiger partial charge in [0.25, 0.3) is 11.8 Å². The molecule has 4 heteroatoms. The third-order valence-electron chi connectivity index (χ3n) is 3.44. The summed E-state index contributed by atoms with van der Waals surface area (Å²) < 4.78 is 0. The Kier molecular flexibility index (Phi) is 3.77. The lowest BCUT2D eigenvalue weighted by molar-refractivity contribution is 0.0879. The first kappa shape index (κ1) is 12.8. The van der Waals surface area contributed by atoms with Gasteiger partial charge in [-0.1, -0.05) is 26.0 Å². The third kappa shape index (κ3) is 2.29. The van der Waals surface area contributed by atoms with Crippen molar-refractivity contribution < 1.29 is 9.59 Å². The van der Waals surface area contributed by atoms with Crippen molar-refractivity contribution in [1.29, 1.82) is 0 Å². The van der Waals surface area contributed by atoms with E-state index in [-0.39, 0.29) is 11.8 Å². The zero-order chi connectivity index (χ0) is 13.1. The average molecular weight is 246 g/mol. The molecular weight excluding hydrogens is 228 g/mol. The standard InChI is InChI=1S/C14H18N2O2/c1-3-16(4-2)9-8-10-6-5-7-11-12(10)14(18)15-13(11)17/h5-7H,3-4,8-9H2,1-2H3,(H,15,17,18).